The maximum Gasteiger partial charge on any atom is 0.260 e. The van der Waals surface area contributed by atoms with Gasteiger partial charge in [-0.3, -0.25) is 4.79 Å². The van der Waals surface area contributed by atoms with E-state index in [0.717, 1.165) is 29.2 Å². The van der Waals surface area contributed by atoms with Crippen LogP contribution in [0.5, 0.6) is 0 Å². The normalized spacial score (nSPS) is 24.2. The SMILES string of the molecule is Cc1nc2ccccc2n1CC(=O)N/N=C\C1=CC[C@@H]2C[C@H]1C2(C)C. The molecule has 5 rings (SSSR count). The van der Waals surface area contributed by atoms with Gasteiger partial charge in [-0.1, -0.05) is 32.1 Å². The number of nitrogens with one attached hydrogen (secondary N) is 1. The third-order valence-corrected chi connectivity index (χ3v) is 6.06. The summed E-state index contributed by atoms with van der Waals surface area (Å²) in [5.74, 6) is 2.08. The van der Waals surface area contributed by atoms with Crippen LogP contribution in [-0.4, -0.2) is 21.7 Å². The zero-order valence-corrected chi connectivity index (χ0v) is 15.0. The molecule has 3 aliphatic rings. The van der Waals surface area contributed by atoms with Crippen molar-refractivity contribution in [3.8, 4) is 0 Å². The monoisotopic (exact) mass is 336 g/mol. The van der Waals surface area contributed by atoms with Gasteiger partial charge in [-0.15, -0.1) is 0 Å². The van der Waals surface area contributed by atoms with E-state index in [9.17, 15) is 4.79 Å². The highest BCUT2D eigenvalue weighted by atomic mass is 16.2. The van der Waals surface area contributed by atoms with Crippen molar-refractivity contribution in [2.75, 3.05) is 0 Å². The first kappa shape index (κ1) is 16.1. The highest BCUT2D eigenvalue weighted by Crippen LogP contribution is 2.58. The predicted octanol–water partition coefficient (Wildman–Crippen LogP) is 3.44. The number of carbonyl (C=O) groups excluding carboxylic acids is 1. The van der Waals surface area contributed by atoms with E-state index in [1.165, 1.54) is 12.0 Å². The van der Waals surface area contributed by atoms with Crippen molar-refractivity contribution < 1.29 is 4.79 Å². The second-order valence-electron chi connectivity index (χ2n) is 7.77. The third kappa shape index (κ3) is 2.68. The first-order valence-corrected chi connectivity index (χ1v) is 8.90. The molecule has 0 aliphatic heterocycles. The molecule has 1 amide bonds. The van der Waals surface area contributed by atoms with Crippen LogP contribution in [0.15, 0.2) is 41.0 Å². The maximum absolute atomic E-state index is 12.3. The molecule has 2 atom stereocenters. The van der Waals surface area contributed by atoms with E-state index < -0.39 is 0 Å². The summed E-state index contributed by atoms with van der Waals surface area (Å²) in [6, 6.07) is 7.85. The van der Waals surface area contributed by atoms with Gasteiger partial charge in [-0.2, -0.15) is 5.10 Å². The number of hydrogen-bond acceptors (Lipinski definition) is 3. The molecule has 2 aromatic rings. The maximum atomic E-state index is 12.3. The van der Waals surface area contributed by atoms with Crippen LogP contribution in [0.4, 0.5) is 0 Å². The predicted molar refractivity (Wildman–Crippen MR) is 99.2 cm³/mol. The Bertz CT molecular complexity index is 890. The lowest BCUT2D eigenvalue weighted by Crippen LogP contribution is -2.48. The summed E-state index contributed by atoms with van der Waals surface area (Å²) in [4.78, 5) is 16.8. The first-order chi connectivity index (χ1) is 12.0. The molecule has 1 saturated carbocycles. The Morgan fingerprint density at radius 2 is 2.24 bits per heavy atom. The average molecular weight is 336 g/mol. The number of aromatic nitrogens is 2. The molecule has 1 heterocycles. The molecular formula is C20H24N4O. The molecule has 130 valence electrons. The van der Waals surface area contributed by atoms with Gasteiger partial charge in [0.2, 0.25) is 0 Å². The quantitative estimate of drug-likeness (QED) is 0.687. The number of benzene rings is 1. The van der Waals surface area contributed by atoms with Crippen LogP contribution in [0.3, 0.4) is 0 Å². The van der Waals surface area contributed by atoms with Gasteiger partial charge in [-0.25, -0.2) is 10.4 Å². The van der Waals surface area contributed by atoms with E-state index in [4.69, 9.17) is 0 Å². The number of carbonyl (C=O) groups is 1. The van der Waals surface area contributed by atoms with Crippen LogP contribution in [-0.2, 0) is 11.3 Å². The Labute approximate surface area is 147 Å². The second-order valence-corrected chi connectivity index (χ2v) is 7.77. The van der Waals surface area contributed by atoms with Crippen LogP contribution in [0.2, 0.25) is 0 Å². The lowest BCUT2D eigenvalue weighted by molar-refractivity contribution is -0.121. The van der Waals surface area contributed by atoms with Crippen molar-refractivity contribution >= 4 is 23.2 Å². The Balaban J connectivity index is 1.41. The number of fused-ring (bicyclic) bond motifs is 2. The average Bonchev–Trinajstić information content (AvgIpc) is 2.90. The summed E-state index contributed by atoms with van der Waals surface area (Å²) < 4.78 is 1.92. The van der Waals surface area contributed by atoms with Gasteiger partial charge in [0.05, 0.1) is 17.2 Å². The fourth-order valence-electron chi connectivity index (χ4n) is 4.30. The van der Waals surface area contributed by atoms with Crippen LogP contribution in [0, 0.1) is 24.2 Å². The molecule has 5 nitrogen and oxygen atoms in total. The summed E-state index contributed by atoms with van der Waals surface area (Å²) in [5.41, 5.74) is 6.17. The van der Waals surface area contributed by atoms with Gasteiger partial charge in [0.1, 0.15) is 12.4 Å². The van der Waals surface area contributed by atoms with E-state index in [1.54, 1.807) is 0 Å². The molecule has 0 radical (unpaired) electrons. The number of allylic oxidation sites excluding steroid dienone is 2. The number of para-hydroxylation sites is 2. The zero-order valence-electron chi connectivity index (χ0n) is 15.0. The van der Waals surface area contributed by atoms with Crippen molar-refractivity contribution in [3.05, 3.63) is 41.7 Å². The van der Waals surface area contributed by atoms with Crippen LogP contribution in [0.1, 0.15) is 32.5 Å². The van der Waals surface area contributed by atoms with E-state index in [1.807, 2.05) is 42.0 Å². The third-order valence-electron chi connectivity index (χ3n) is 6.06. The molecular weight excluding hydrogens is 312 g/mol. The van der Waals surface area contributed by atoms with Gasteiger partial charge in [0.15, 0.2) is 0 Å². The Morgan fingerprint density at radius 1 is 1.44 bits per heavy atom. The minimum Gasteiger partial charge on any atom is -0.319 e. The Morgan fingerprint density at radius 3 is 3.00 bits per heavy atom. The lowest BCUT2D eigenvalue weighted by Gasteiger charge is -2.55. The minimum atomic E-state index is -0.135. The van der Waals surface area contributed by atoms with Gasteiger partial charge >= 0.3 is 0 Å². The Kier molecular flexibility index (Phi) is 3.74. The minimum absolute atomic E-state index is 0.135. The summed E-state index contributed by atoms with van der Waals surface area (Å²) in [6.45, 7) is 6.80. The fraction of sp³-hybridized carbons (Fsp3) is 0.450. The number of rotatable bonds is 4. The second kappa shape index (κ2) is 5.83. The molecule has 0 spiro atoms. The number of hydrazone groups is 1. The van der Waals surface area contributed by atoms with Crippen LogP contribution >= 0.6 is 0 Å². The largest absolute Gasteiger partial charge is 0.319 e. The summed E-state index contributed by atoms with van der Waals surface area (Å²) in [6.07, 6.45) is 6.48. The van der Waals surface area contributed by atoms with Crippen LogP contribution in [0.25, 0.3) is 11.0 Å². The first-order valence-electron chi connectivity index (χ1n) is 8.90. The van der Waals surface area contributed by atoms with Crippen molar-refractivity contribution in [3.63, 3.8) is 0 Å². The van der Waals surface area contributed by atoms with Crippen molar-refractivity contribution in [1.82, 2.24) is 15.0 Å². The molecule has 0 saturated heterocycles. The summed E-state index contributed by atoms with van der Waals surface area (Å²) in [5, 5.41) is 4.20. The van der Waals surface area contributed by atoms with E-state index >= 15 is 0 Å². The highest BCUT2D eigenvalue weighted by Gasteiger charge is 2.50. The van der Waals surface area contributed by atoms with Crippen molar-refractivity contribution in [2.45, 2.75) is 40.2 Å². The van der Waals surface area contributed by atoms with Gasteiger partial charge in [-0.05, 0) is 54.7 Å². The number of imidazole rings is 1. The number of nitrogens with zero attached hydrogens (tertiary/aromatic N) is 3. The Hall–Kier alpha value is -2.43. The summed E-state index contributed by atoms with van der Waals surface area (Å²) >= 11 is 0. The van der Waals surface area contributed by atoms with E-state index in [0.29, 0.717) is 11.3 Å². The van der Waals surface area contributed by atoms with Crippen molar-refractivity contribution in [1.29, 1.82) is 0 Å². The van der Waals surface area contributed by atoms with E-state index in [-0.39, 0.29) is 12.5 Å². The smallest absolute Gasteiger partial charge is 0.260 e. The molecule has 2 bridgehead atoms. The molecule has 5 heteroatoms. The molecule has 1 fully saturated rings. The fourth-order valence-corrected chi connectivity index (χ4v) is 4.30. The molecule has 1 aromatic heterocycles. The van der Waals surface area contributed by atoms with Gasteiger partial charge in [0.25, 0.3) is 5.91 Å². The number of amides is 1. The highest BCUT2D eigenvalue weighted by molar-refractivity contribution is 5.84. The number of aryl methyl sites for hydroxylation is 1. The van der Waals surface area contributed by atoms with Gasteiger partial charge in [0, 0.05) is 0 Å². The number of hydrogen-bond donors (Lipinski definition) is 1. The van der Waals surface area contributed by atoms with Gasteiger partial charge < -0.3 is 4.57 Å². The molecule has 3 aliphatic carbocycles. The van der Waals surface area contributed by atoms with Crippen molar-refractivity contribution in [2.24, 2.45) is 22.4 Å². The molecule has 0 unspecified atom stereocenters. The molecule has 25 heavy (non-hydrogen) atoms. The summed E-state index contributed by atoms with van der Waals surface area (Å²) in [7, 11) is 0. The van der Waals surface area contributed by atoms with E-state index in [2.05, 4.69) is 35.4 Å². The standard InChI is InChI=1S/C20H24N4O/c1-13-22-17-6-4-5-7-18(17)24(13)12-19(25)23-21-11-14-8-9-15-10-16(14)20(15,2)3/h4-8,11,15-16H,9-10,12H2,1-3H3,(H,23,25)/b21-11-/t15-,16-/m1/s1. The molecule has 1 N–H and O–H groups in total. The zero-order chi connectivity index (χ0) is 17.6. The van der Waals surface area contributed by atoms with Crippen LogP contribution < -0.4 is 5.43 Å². The topological polar surface area (TPSA) is 59.3 Å². The lowest BCUT2D eigenvalue weighted by atomic mass is 9.49. The molecule has 1 aromatic carbocycles.